The Hall–Kier alpha value is -3.93. The average molecular weight is 745 g/mol. The van der Waals surface area contributed by atoms with Crippen LogP contribution in [0.15, 0.2) is 0 Å². The summed E-state index contributed by atoms with van der Waals surface area (Å²) in [4.78, 5) is 101. The Morgan fingerprint density at radius 3 is 1.75 bits per heavy atom. The van der Waals surface area contributed by atoms with Gasteiger partial charge in [0.1, 0.15) is 30.2 Å². The van der Waals surface area contributed by atoms with E-state index in [-0.39, 0.29) is 36.9 Å². The smallest absolute Gasteiger partial charge is 0.327 e. The number of carboxylic acids is 3. The molecule has 0 aliphatic heterocycles. The molecule has 0 aromatic rings. The van der Waals surface area contributed by atoms with E-state index in [1.54, 1.807) is 27.7 Å². The van der Waals surface area contributed by atoms with Crippen molar-refractivity contribution in [2.45, 2.75) is 135 Å². The molecule has 1 saturated carbocycles. The van der Waals surface area contributed by atoms with Gasteiger partial charge in [0.15, 0.2) is 0 Å². The number of carboxylic acid groups (broad SMARTS) is 3. The summed E-state index contributed by atoms with van der Waals surface area (Å²) in [7, 11) is 0. The molecule has 7 atom stereocenters. The molecular formula is C33H56N6O11S. The predicted octanol–water partition coefficient (Wildman–Crippen LogP) is 0.154. The molecule has 0 saturated heterocycles. The van der Waals surface area contributed by atoms with Crippen molar-refractivity contribution in [2.75, 3.05) is 5.75 Å². The van der Waals surface area contributed by atoms with Gasteiger partial charge in [0, 0.05) is 12.2 Å². The van der Waals surface area contributed by atoms with Gasteiger partial charge in [-0.2, -0.15) is 12.6 Å². The Balaban J connectivity index is 3.28. The maximum absolute atomic E-state index is 13.8. The molecule has 1 rings (SSSR count). The molecule has 51 heavy (non-hydrogen) atoms. The standard InChI is InChI=1S/C33H56N6O11S/c1-5-18(4)27(32(48)37-23(14-19-9-7-6-8-10-19)30(46)38-24(16-51)33(49)50)39-31(47)22(13-17(2)3)36-29(45)21(11-12-25(40)41)35-28(44)20(34)15-26(42)43/h17-24,27,51H,5-16,34H2,1-4H3,(H,35,44)(H,36,45)(H,37,48)(H,38,46)(H,39,47)(H,40,41)(H,42,43)(H,49,50)/t18-,20-,21-,22-,23-,24-,27-/m0/s1. The van der Waals surface area contributed by atoms with Crippen molar-refractivity contribution in [3.63, 3.8) is 0 Å². The van der Waals surface area contributed by atoms with Crippen LogP contribution in [-0.2, 0) is 38.4 Å². The first-order valence-electron chi connectivity index (χ1n) is 17.4. The second kappa shape index (κ2) is 22.8. The second-order valence-electron chi connectivity index (χ2n) is 13.6. The fourth-order valence-electron chi connectivity index (χ4n) is 5.73. The molecule has 1 aliphatic rings. The van der Waals surface area contributed by atoms with Crippen LogP contribution in [0.4, 0.5) is 0 Å². The summed E-state index contributed by atoms with van der Waals surface area (Å²) < 4.78 is 0. The molecule has 0 unspecified atom stereocenters. The zero-order valence-electron chi connectivity index (χ0n) is 29.8. The van der Waals surface area contributed by atoms with Crippen LogP contribution >= 0.6 is 12.6 Å². The van der Waals surface area contributed by atoms with Gasteiger partial charge in [-0.1, -0.05) is 66.2 Å². The number of hydrogen-bond acceptors (Lipinski definition) is 10. The van der Waals surface area contributed by atoms with Crippen molar-refractivity contribution in [3.05, 3.63) is 0 Å². The van der Waals surface area contributed by atoms with Gasteiger partial charge in [-0.25, -0.2) is 4.79 Å². The SMILES string of the molecule is CC[C@H](C)[C@H](NC(=O)[C@H](CC(C)C)NC(=O)[C@H](CCC(=O)O)NC(=O)[C@@H](N)CC(=O)O)C(=O)N[C@@H](CC1CCCCC1)C(=O)N[C@@H](CS)C(=O)O. The fraction of sp³-hybridized carbons (Fsp3) is 0.758. The minimum Gasteiger partial charge on any atom is -0.481 e. The summed E-state index contributed by atoms with van der Waals surface area (Å²) >= 11 is 4.01. The number of carbonyl (C=O) groups is 8. The van der Waals surface area contributed by atoms with Gasteiger partial charge >= 0.3 is 17.9 Å². The van der Waals surface area contributed by atoms with Gasteiger partial charge in [0.2, 0.25) is 29.5 Å². The largest absolute Gasteiger partial charge is 0.481 e. The monoisotopic (exact) mass is 744 g/mol. The summed E-state index contributed by atoms with van der Waals surface area (Å²) in [5, 5.41) is 40.3. The number of hydrogen-bond donors (Lipinski definition) is 10. The van der Waals surface area contributed by atoms with Crippen molar-refractivity contribution in [1.82, 2.24) is 26.6 Å². The molecule has 17 nitrogen and oxygen atoms in total. The third kappa shape index (κ3) is 16.8. The van der Waals surface area contributed by atoms with Gasteiger partial charge in [-0.05, 0) is 37.0 Å². The van der Waals surface area contributed by atoms with E-state index in [1.165, 1.54) is 0 Å². The number of rotatable bonds is 23. The molecule has 5 amide bonds. The summed E-state index contributed by atoms with van der Waals surface area (Å²) in [6, 6.07) is -7.80. The maximum Gasteiger partial charge on any atom is 0.327 e. The Bertz CT molecular complexity index is 1230. The number of thiol groups is 1. The lowest BCUT2D eigenvalue weighted by molar-refractivity contribution is -0.142. The molecular weight excluding hydrogens is 688 g/mol. The zero-order chi connectivity index (χ0) is 38.8. The molecule has 0 spiro atoms. The lowest BCUT2D eigenvalue weighted by Gasteiger charge is -2.31. The van der Waals surface area contributed by atoms with E-state index in [4.69, 9.17) is 10.8 Å². The Kier molecular flexibility index (Phi) is 20.2. The van der Waals surface area contributed by atoms with E-state index < -0.39 is 102 Å². The number of carbonyl (C=O) groups excluding carboxylic acids is 5. The first-order chi connectivity index (χ1) is 23.9. The highest BCUT2D eigenvalue weighted by molar-refractivity contribution is 7.80. The first kappa shape index (κ1) is 45.1. The number of amides is 5. The van der Waals surface area contributed by atoms with Gasteiger partial charge in [-0.15, -0.1) is 0 Å². The third-order valence-corrected chi connectivity index (χ3v) is 9.23. The average Bonchev–Trinajstić information content (AvgIpc) is 3.06. The van der Waals surface area contributed by atoms with E-state index in [2.05, 4.69) is 39.2 Å². The molecule has 18 heteroatoms. The molecule has 1 fully saturated rings. The van der Waals surface area contributed by atoms with E-state index in [9.17, 15) is 48.6 Å². The third-order valence-electron chi connectivity index (χ3n) is 8.87. The highest BCUT2D eigenvalue weighted by atomic mass is 32.1. The molecule has 0 bridgehead atoms. The molecule has 0 aromatic carbocycles. The van der Waals surface area contributed by atoms with Gasteiger partial charge in [0.25, 0.3) is 0 Å². The first-order valence-corrected chi connectivity index (χ1v) is 18.1. The maximum atomic E-state index is 13.8. The summed E-state index contributed by atoms with van der Waals surface area (Å²) in [5.41, 5.74) is 5.61. The van der Waals surface area contributed by atoms with E-state index in [0.717, 1.165) is 32.1 Å². The van der Waals surface area contributed by atoms with Crippen molar-refractivity contribution >= 4 is 60.1 Å². The topological polar surface area (TPSA) is 283 Å². The predicted molar refractivity (Wildman–Crippen MR) is 188 cm³/mol. The van der Waals surface area contributed by atoms with Crippen molar-refractivity contribution in [2.24, 2.45) is 23.5 Å². The van der Waals surface area contributed by atoms with Crippen LogP contribution in [0.3, 0.4) is 0 Å². The lowest BCUT2D eigenvalue weighted by Crippen LogP contribution is -2.60. The normalized spacial score (nSPS) is 17.4. The van der Waals surface area contributed by atoms with Crippen LogP contribution in [0, 0.1) is 17.8 Å². The molecule has 1 aliphatic carbocycles. The minimum absolute atomic E-state index is 0.0809. The van der Waals surface area contributed by atoms with Crippen LogP contribution < -0.4 is 32.3 Å². The molecule has 290 valence electrons. The van der Waals surface area contributed by atoms with Crippen LogP contribution in [0.25, 0.3) is 0 Å². The van der Waals surface area contributed by atoms with Gasteiger partial charge < -0.3 is 47.6 Å². The number of aliphatic carboxylic acids is 3. The second-order valence-corrected chi connectivity index (χ2v) is 14.0. The van der Waals surface area contributed by atoms with Gasteiger partial charge in [-0.3, -0.25) is 33.6 Å². The Morgan fingerprint density at radius 2 is 1.24 bits per heavy atom. The quantitative estimate of drug-likeness (QED) is 0.0626. The van der Waals surface area contributed by atoms with Crippen molar-refractivity contribution in [1.29, 1.82) is 0 Å². The fourth-order valence-corrected chi connectivity index (χ4v) is 5.98. The highest BCUT2D eigenvalue weighted by Gasteiger charge is 2.35. The molecule has 0 heterocycles. The summed E-state index contributed by atoms with van der Waals surface area (Å²) in [6.07, 6.45) is 3.78. The van der Waals surface area contributed by atoms with E-state index in [0.29, 0.717) is 6.42 Å². The van der Waals surface area contributed by atoms with Gasteiger partial charge in [0.05, 0.1) is 12.5 Å². The molecule has 10 N–H and O–H groups in total. The van der Waals surface area contributed by atoms with Crippen LogP contribution in [0.5, 0.6) is 0 Å². The molecule has 0 aromatic heterocycles. The zero-order valence-corrected chi connectivity index (χ0v) is 30.7. The summed E-state index contributed by atoms with van der Waals surface area (Å²) in [6.45, 7) is 7.08. The van der Waals surface area contributed by atoms with Crippen LogP contribution in [0.1, 0.15) is 98.3 Å². The Morgan fingerprint density at radius 1 is 0.706 bits per heavy atom. The van der Waals surface area contributed by atoms with E-state index >= 15 is 0 Å². The summed E-state index contributed by atoms with van der Waals surface area (Å²) in [5.74, 6) is -8.62. The number of nitrogens with one attached hydrogen (secondary N) is 5. The van der Waals surface area contributed by atoms with Crippen LogP contribution in [-0.4, -0.2) is 105 Å². The highest BCUT2D eigenvalue weighted by Crippen LogP contribution is 2.27. The molecule has 0 radical (unpaired) electrons. The van der Waals surface area contributed by atoms with Crippen molar-refractivity contribution in [3.8, 4) is 0 Å². The number of nitrogens with two attached hydrogens (primary N) is 1. The van der Waals surface area contributed by atoms with Crippen LogP contribution in [0.2, 0.25) is 0 Å². The van der Waals surface area contributed by atoms with E-state index in [1.807, 2.05) is 0 Å². The Labute approximate surface area is 303 Å². The van der Waals surface area contributed by atoms with Crippen molar-refractivity contribution < 1.29 is 53.7 Å². The lowest BCUT2D eigenvalue weighted by atomic mass is 9.84. The minimum atomic E-state index is -1.52.